The number of nitrogens with one attached hydrogen (secondary N) is 3. The molecule has 3 saturated heterocycles. The molecule has 5 fully saturated rings. The first-order chi connectivity index (χ1) is 34.1. The first-order valence-corrected chi connectivity index (χ1v) is 26.4. The Labute approximate surface area is 412 Å². The molecule has 4 N–H and O–H groups in total. The zero-order valence-electron chi connectivity index (χ0n) is 40.2. The number of benzene rings is 3. The maximum absolute atomic E-state index is 15.3. The molecule has 0 radical (unpaired) electrons. The minimum Gasteiger partial charge on any atom is -0.468 e. The Kier molecular flexibility index (Phi) is 12.2. The number of amides is 1. The van der Waals surface area contributed by atoms with Gasteiger partial charge >= 0.3 is 0 Å². The number of aliphatic hydroxyl groups is 1. The zero-order valence-corrected chi connectivity index (χ0v) is 41.1. The molecule has 1 spiro atoms. The quantitative estimate of drug-likeness (QED) is 0.0693. The van der Waals surface area contributed by atoms with Crippen molar-refractivity contribution in [3.8, 4) is 5.88 Å². The number of aromatic nitrogens is 2. The van der Waals surface area contributed by atoms with Crippen LogP contribution in [0, 0.1) is 27.3 Å². The molecule has 376 valence electrons. The molecule has 17 nitrogen and oxygen atoms in total. The number of aromatic amines is 1. The van der Waals surface area contributed by atoms with E-state index < -0.39 is 55.0 Å². The molecule has 5 aromatic rings. The molecule has 0 unspecified atom stereocenters. The van der Waals surface area contributed by atoms with Crippen molar-refractivity contribution in [1.29, 1.82) is 0 Å². The van der Waals surface area contributed by atoms with Gasteiger partial charge in [-0.1, -0.05) is 38.1 Å². The topological polar surface area (TPSA) is 205 Å². The number of H-pyrrole nitrogens is 1. The molecule has 0 bridgehead atoms. The Balaban J connectivity index is 0.882. The average molecular weight is 993 g/mol. The van der Waals surface area contributed by atoms with Gasteiger partial charge in [-0.05, 0) is 111 Å². The number of carbonyl (C=O) groups is 1. The van der Waals surface area contributed by atoms with E-state index in [1.807, 2.05) is 17.0 Å². The minimum absolute atomic E-state index is 0.0169. The highest BCUT2D eigenvalue weighted by Crippen LogP contribution is 2.54. The normalized spacial score (nSPS) is 25.5. The molecule has 6 heterocycles. The smallest absolute Gasteiger partial charge is 0.293 e. The largest absolute Gasteiger partial charge is 0.468 e. The van der Waals surface area contributed by atoms with Crippen LogP contribution in [0.1, 0.15) is 99.2 Å². The van der Waals surface area contributed by atoms with Crippen LogP contribution in [0.2, 0.25) is 0 Å². The van der Waals surface area contributed by atoms with Crippen LogP contribution in [0.5, 0.6) is 5.88 Å². The van der Waals surface area contributed by atoms with Gasteiger partial charge in [0.15, 0.2) is 0 Å². The summed E-state index contributed by atoms with van der Waals surface area (Å²) in [6, 6.07) is 19.4. The predicted octanol–water partition coefficient (Wildman–Crippen LogP) is 7.94. The number of nitro benzene ring substituents is 1. The summed E-state index contributed by atoms with van der Waals surface area (Å²) in [7, 11) is -4.67. The van der Waals surface area contributed by atoms with Crippen LogP contribution in [0.15, 0.2) is 77.8 Å². The third-order valence-electron chi connectivity index (χ3n) is 16.0. The maximum Gasteiger partial charge on any atom is 0.293 e. The van der Waals surface area contributed by atoms with Gasteiger partial charge in [0.05, 0.1) is 64.0 Å². The van der Waals surface area contributed by atoms with Gasteiger partial charge in [-0.3, -0.25) is 19.8 Å². The van der Waals surface area contributed by atoms with E-state index in [1.165, 1.54) is 29.5 Å². The Morgan fingerprint density at radius 3 is 2.56 bits per heavy atom. The Morgan fingerprint density at radius 2 is 1.79 bits per heavy atom. The summed E-state index contributed by atoms with van der Waals surface area (Å²) in [4.78, 5) is 40.3. The molecule has 3 aromatic carbocycles. The number of fused-ring (bicyclic) bond motifs is 3. The highest BCUT2D eigenvalue weighted by molar-refractivity contribution is 7.90. The number of morpholine rings is 1. The first kappa shape index (κ1) is 47.5. The monoisotopic (exact) mass is 992 g/mol. The number of halogens is 1. The third-order valence-corrected chi connectivity index (χ3v) is 17.3. The summed E-state index contributed by atoms with van der Waals surface area (Å²) < 4.78 is 64.1. The van der Waals surface area contributed by atoms with Gasteiger partial charge in [0, 0.05) is 62.2 Å². The van der Waals surface area contributed by atoms with Crippen LogP contribution in [0.25, 0.3) is 11.0 Å². The number of anilines is 4. The van der Waals surface area contributed by atoms with Crippen molar-refractivity contribution in [1.82, 2.24) is 19.6 Å². The number of rotatable bonds is 12. The number of hydrogen-bond donors (Lipinski definition) is 4. The lowest BCUT2D eigenvalue weighted by Crippen LogP contribution is -2.67. The van der Waals surface area contributed by atoms with E-state index >= 15 is 4.39 Å². The van der Waals surface area contributed by atoms with Crippen LogP contribution in [-0.2, 0) is 19.5 Å². The number of nitro groups is 1. The lowest BCUT2D eigenvalue weighted by molar-refractivity contribution is -0.384. The fourth-order valence-electron chi connectivity index (χ4n) is 12.1. The van der Waals surface area contributed by atoms with E-state index in [2.05, 4.69) is 67.9 Å². The average Bonchev–Trinajstić information content (AvgIpc) is 3.69. The van der Waals surface area contributed by atoms with Gasteiger partial charge in [-0.15, -0.1) is 0 Å². The fourth-order valence-corrected chi connectivity index (χ4v) is 13.1. The van der Waals surface area contributed by atoms with Crippen LogP contribution in [0.4, 0.5) is 32.8 Å². The highest BCUT2D eigenvalue weighted by Gasteiger charge is 2.55. The van der Waals surface area contributed by atoms with Crippen LogP contribution >= 0.6 is 0 Å². The van der Waals surface area contributed by atoms with E-state index in [1.54, 1.807) is 19.1 Å². The van der Waals surface area contributed by atoms with Crippen molar-refractivity contribution >= 4 is 55.4 Å². The molecule has 1 amide bonds. The Hall–Kier alpha value is -5.86. The number of sulfonamides is 1. The maximum atomic E-state index is 15.3. The van der Waals surface area contributed by atoms with Crippen LogP contribution < -0.4 is 24.6 Å². The summed E-state index contributed by atoms with van der Waals surface area (Å²) in [5.74, 6) is -0.696. The van der Waals surface area contributed by atoms with E-state index in [-0.39, 0.29) is 52.1 Å². The van der Waals surface area contributed by atoms with Crippen molar-refractivity contribution in [2.75, 3.05) is 67.7 Å². The Morgan fingerprint density at radius 1 is 1.01 bits per heavy atom. The summed E-state index contributed by atoms with van der Waals surface area (Å²) in [6.45, 7) is 11.1. The number of nitrogens with zero attached hydrogens (tertiary/aromatic N) is 5. The lowest BCUT2D eigenvalue weighted by atomic mass is 9.59. The summed E-state index contributed by atoms with van der Waals surface area (Å²) in [5.41, 5.74) is 3.68. The van der Waals surface area contributed by atoms with Gasteiger partial charge in [0.1, 0.15) is 28.9 Å². The lowest BCUT2D eigenvalue weighted by Gasteiger charge is -2.63. The third kappa shape index (κ3) is 8.97. The SMILES string of the molecule is CC(C)c1ccccc1[C@@H]1COCCN1C1CC2(C1)CN(c1ccc(C(=O)NS(=O)(=O)c3ccc(NCC4CCC(C)(O)CC4)c([N+](=O)[O-])c3)c(N3c4cc5c(F)c[nH]c5nc4O[C@H]4COCC[C@@H]43)c1)C2. The second kappa shape index (κ2) is 18.3. The molecule has 2 aromatic heterocycles. The van der Waals surface area contributed by atoms with Crippen molar-refractivity contribution in [2.45, 2.75) is 106 Å². The minimum atomic E-state index is -4.67. The van der Waals surface area contributed by atoms with Gasteiger partial charge in [-0.2, -0.15) is 4.98 Å². The molecule has 6 aliphatic rings. The van der Waals surface area contributed by atoms with Crippen LogP contribution in [-0.4, -0.2) is 116 Å². The summed E-state index contributed by atoms with van der Waals surface area (Å²) in [6.07, 6.45) is 5.98. The molecule has 19 heteroatoms. The zero-order chi connectivity index (χ0) is 49.4. The predicted molar refractivity (Wildman–Crippen MR) is 266 cm³/mol. The van der Waals surface area contributed by atoms with E-state index in [0.29, 0.717) is 69.0 Å². The van der Waals surface area contributed by atoms with Crippen molar-refractivity contribution < 1.29 is 41.8 Å². The summed E-state index contributed by atoms with van der Waals surface area (Å²) >= 11 is 0. The number of carbonyl (C=O) groups excluding carboxylic acids is 1. The van der Waals surface area contributed by atoms with Gasteiger partial charge in [0.25, 0.3) is 21.6 Å². The molecule has 11 rings (SSSR count). The van der Waals surface area contributed by atoms with E-state index in [4.69, 9.17) is 14.2 Å². The fraction of sp³-hybridized carbons (Fsp3) is 0.500. The van der Waals surface area contributed by atoms with Gasteiger partial charge in [0.2, 0.25) is 5.88 Å². The second-order valence-corrected chi connectivity index (χ2v) is 22.9. The molecule has 71 heavy (non-hydrogen) atoms. The first-order valence-electron chi connectivity index (χ1n) is 24.9. The molecule has 2 saturated carbocycles. The van der Waals surface area contributed by atoms with Gasteiger partial charge in [-0.25, -0.2) is 17.5 Å². The Bertz CT molecular complexity index is 2980. The number of hydrogen-bond acceptors (Lipinski definition) is 14. The number of ether oxygens (including phenoxy) is 3. The second-order valence-electron chi connectivity index (χ2n) is 21.2. The molecular formula is C52H61FN8O9S. The standard InChI is InChI=1S/C52H61FN8O9S/c1-31(2)36-6-4-5-7-37(36)46-27-69-19-17-59(46)34-23-52(24-34)29-58(30-52)33-8-10-38(43(20-33)60-42-14-18-68-28-47(42)70-50-45(60)22-39-40(53)26-55-48(39)56-50)49(62)57-71(66,67)35-9-11-41(44(21-35)61(64)65)54-25-32-12-15-51(3,63)16-13-32/h4-11,20-22,26,31-32,34,42,46-47,54,63H,12-19,23-25,27-30H2,1-3H3,(H,55,56)(H,57,62)/t32?,42-,46-,47-,51?/m0/s1. The highest BCUT2D eigenvalue weighted by atomic mass is 32.2. The molecule has 3 atom stereocenters. The van der Waals surface area contributed by atoms with E-state index in [0.717, 1.165) is 57.1 Å². The van der Waals surface area contributed by atoms with E-state index in [9.17, 15) is 28.4 Å². The van der Waals surface area contributed by atoms with Crippen molar-refractivity contribution in [2.24, 2.45) is 11.3 Å². The molecular weight excluding hydrogens is 932 g/mol. The van der Waals surface area contributed by atoms with Gasteiger partial charge < -0.3 is 39.4 Å². The molecule has 2 aliphatic carbocycles. The van der Waals surface area contributed by atoms with Crippen LogP contribution in [0.3, 0.4) is 0 Å². The van der Waals surface area contributed by atoms with Crippen molar-refractivity contribution in [3.05, 3.63) is 106 Å². The molecule has 4 aliphatic heterocycles. The van der Waals surface area contributed by atoms with Crippen molar-refractivity contribution in [3.63, 3.8) is 0 Å². The number of pyridine rings is 1. The summed E-state index contributed by atoms with van der Waals surface area (Å²) in [5, 5.41) is 26.1.